The summed E-state index contributed by atoms with van der Waals surface area (Å²) in [5.41, 5.74) is 1.15. The Morgan fingerprint density at radius 3 is 2.33 bits per heavy atom. The van der Waals surface area contributed by atoms with E-state index >= 15 is 0 Å². The zero-order valence-electron chi connectivity index (χ0n) is 15.4. The maximum absolute atomic E-state index is 13.4. The molecule has 0 bridgehead atoms. The third kappa shape index (κ3) is 4.61. The Kier molecular flexibility index (Phi) is 6.17. The Balaban J connectivity index is 2.97. The normalized spacial score (nSPS) is 11.5. The summed E-state index contributed by atoms with van der Waals surface area (Å²) in [5, 5.41) is 9.92. The number of nitrogens with zero attached hydrogens (tertiary/aromatic N) is 1. The number of benzene rings is 1. The van der Waals surface area contributed by atoms with Crippen molar-refractivity contribution < 1.29 is 27.4 Å². The monoisotopic (exact) mass is 396 g/mol. The molecule has 0 radical (unpaired) electrons. The number of nitrogens with one attached hydrogen (secondary N) is 1. The van der Waals surface area contributed by atoms with Crippen molar-refractivity contribution in [1.29, 1.82) is 0 Å². The first-order valence-corrected chi connectivity index (χ1v) is 9.97. The fourth-order valence-corrected chi connectivity index (χ4v) is 3.24. The lowest BCUT2D eigenvalue weighted by Crippen LogP contribution is -2.19. The number of ether oxygens (including phenoxy) is 1. The summed E-state index contributed by atoms with van der Waals surface area (Å²) in [6.07, 6.45) is 0.955. The van der Waals surface area contributed by atoms with E-state index < -0.39 is 28.4 Å². The number of sulfonamides is 1. The van der Waals surface area contributed by atoms with Crippen molar-refractivity contribution in [3.05, 3.63) is 46.9 Å². The summed E-state index contributed by atoms with van der Waals surface area (Å²) in [7, 11) is -2.49. The first-order valence-electron chi connectivity index (χ1n) is 8.08. The van der Waals surface area contributed by atoms with E-state index in [1.165, 1.54) is 31.4 Å². The van der Waals surface area contributed by atoms with E-state index in [9.17, 15) is 22.7 Å². The molecule has 0 aliphatic carbocycles. The van der Waals surface area contributed by atoms with Crippen LogP contribution in [0.4, 0.5) is 10.2 Å². The number of carbonyl (C=O) groups excluding carboxylic acids is 1. The molecule has 2 N–H and O–H groups in total. The fourth-order valence-electron chi connectivity index (χ4n) is 2.72. The molecule has 0 fully saturated rings. The SMILES string of the molecule is COC(=O)c1c(C(C)C)nc(NS(C)(=O)=O)c(CO)c1-c1ccc(F)cc1. The lowest BCUT2D eigenvalue weighted by atomic mass is 9.90. The number of carbonyl (C=O) groups is 1. The molecular formula is C18H21FN2O5S. The largest absolute Gasteiger partial charge is 0.465 e. The summed E-state index contributed by atoms with van der Waals surface area (Å²) in [6.45, 7) is 2.97. The highest BCUT2D eigenvalue weighted by Crippen LogP contribution is 2.37. The molecule has 0 spiro atoms. The molecule has 0 unspecified atom stereocenters. The van der Waals surface area contributed by atoms with E-state index in [0.717, 1.165) is 6.26 Å². The highest BCUT2D eigenvalue weighted by atomic mass is 32.2. The van der Waals surface area contributed by atoms with Crippen molar-refractivity contribution in [1.82, 2.24) is 4.98 Å². The van der Waals surface area contributed by atoms with Gasteiger partial charge in [-0.3, -0.25) is 4.72 Å². The quantitative estimate of drug-likeness (QED) is 0.727. The van der Waals surface area contributed by atoms with Gasteiger partial charge in [-0.1, -0.05) is 26.0 Å². The summed E-state index contributed by atoms with van der Waals surface area (Å²) < 4.78 is 44.0. The van der Waals surface area contributed by atoms with Gasteiger partial charge >= 0.3 is 5.97 Å². The van der Waals surface area contributed by atoms with Crippen molar-refractivity contribution in [3.8, 4) is 11.1 Å². The second-order valence-electron chi connectivity index (χ2n) is 6.26. The van der Waals surface area contributed by atoms with Gasteiger partial charge in [0.25, 0.3) is 0 Å². The van der Waals surface area contributed by atoms with Gasteiger partial charge < -0.3 is 9.84 Å². The predicted octanol–water partition coefficient (Wildman–Crippen LogP) is 2.66. The summed E-state index contributed by atoms with van der Waals surface area (Å²) in [4.78, 5) is 16.8. The second kappa shape index (κ2) is 8.01. The number of rotatable bonds is 6. The van der Waals surface area contributed by atoms with Gasteiger partial charge in [-0.25, -0.2) is 22.6 Å². The number of aliphatic hydroxyl groups is 1. The molecule has 0 amide bonds. The van der Waals surface area contributed by atoms with Gasteiger partial charge in [-0.05, 0) is 23.6 Å². The van der Waals surface area contributed by atoms with Crippen LogP contribution in [-0.2, 0) is 21.4 Å². The topological polar surface area (TPSA) is 106 Å². The number of hydrogen-bond donors (Lipinski definition) is 2. The molecule has 1 aromatic carbocycles. The first-order chi connectivity index (χ1) is 12.6. The molecule has 0 saturated heterocycles. The van der Waals surface area contributed by atoms with Crippen LogP contribution in [0.15, 0.2) is 24.3 Å². The van der Waals surface area contributed by atoms with E-state index in [2.05, 4.69) is 9.71 Å². The molecule has 2 aromatic rings. The smallest absolute Gasteiger partial charge is 0.340 e. The molecule has 1 aromatic heterocycles. The average molecular weight is 396 g/mol. The van der Waals surface area contributed by atoms with Gasteiger partial charge in [-0.15, -0.1) is 0 Å². The van der Waals surface area contributed by atoms with Crippen LogP contribution in [0.5, 0.6) is 0 Å². The Morgan fingerprint density at radius 1 is 1.30 bits per heavy atom. The average Bonchev–Trinajstić information content (AvgIpc) is 2.59. The third-order valence-corrected chi connectivity index (χ3v) is 4.40. The maximum Gasteiger partial charge on any atom is 0.340 e. The van der Waals surface area contributed by atoms with Crippen LogP contribution in [0.2, 0.25) is 0 Å². The Bertz CT molecular complexity index is 957. The van der Waals surface area contributed by atoms with Gasteiger partial charge in [-0.2, -0.15) is 0 Å². The molecule has 7 nitrogen and oxygen atoms in total. The van der Waals surface area contributed by atoms with Crippen molar-refractivity contribution >= 4 is 21.8 Å². The number of aliphatic hydroxyl groups excluding tert-OH is 1. The van der Waals surface area contributed by atoms with Crippen LogP contribution in [0.25, 0.3) is 11.1 Å². The van der Waals surface area contributed by atoms with Crippen LogP contribution in [0, 0.1) is 5.82 Å². The number of halogens is 1. The van der Waals surface area contributed by atoms with Gasteiger partial charge in [0.15, 0.2) is 0 Å². The molecule has 0 atom stereocenters. The zero-order chi connectivity index (χ0) is 20.4. The Hall–Kier alpha value is -2.52. The minimum Gasteiger partial charge on any atom is -0.465 e. The van der Waals surface area contributed by atoms with Crippen molar-refractivity contribution in [3.63, 3.8) is 0 Å². The molecule has 0 aliphatic heterocycles. The van der Waals surface area contributed by atoms with E-state index in [1.807, 2.05) is 0 Å². The molecule has 146 valence electrons. The third-order valence-electron chi connectivity index (χ3n) is 3.84. The van der Waals surface area contributed by atoms with Gasteiger partial charge in [0.05, 0.1) is 31.2 Å². The number of anilines is 1. The highest BCUT2D eigenvalue weighted by molar-refractivity contribution is 7.92. The van der Waals surface area contributed by atoms with E-state index in [-0.39, 0.29) is 28.4 Å². The van der Waals surface area contributed by atoms with Crippen molar-refractivity contribution in [2.45, 2.75) is 26.4 Å². The highest BCUT2D eigenvalue weighted by Gasteiger charge is 2.28. The van der Waals surface area contributed by atoms with Crippen LogP contribution in [0.1, 0.15) is 41.4 Å². The minimum atomic E-state index is -3.70. The standard InChI is InChI=1S/C18H21FN2O5S/c1-10(2)16-15(18(23)26-3)14(11-5-7-12(19)8-6-11)13(9-22)17(20-16)21-27(4,24)25/h5-8,10,22H,9H2,1-4H3,(H,20,21). The van der Waals surface area contributed by atoms with Gasteiger partial charge in [0.1, 0.15) is 11.6 Å². The molecule has 0 aliphatic rings. The van der Waals surface area contributed by atoms with Gasteiger partial charge in [0.2, 0.25) is 10.0 Å². The number of aromatic nitrogens is 1. The molecule has 27 heavy (non-hydrogen) atoms. The lowest BCUT2D eigenvalue weighted by molar-refractivity contribution is 0.0599. The number of esters is 1. The fraction of sp³-hybridized carbons (Fsp3) is 0.333. The predicted molar refractivity (Wildman–Crippen MR) is 99.4 cm³/mol. The van der Waals surface area contributed by atoms with Crippen LogP contribution in [-0.4, -0.2) is 37.8 Å². The number of pyridine rings is 1. The first kappa shape index (κ1) is 20.8. The van der Waals surface area contributed by atoms with E-state index in [4.69, 9.17) is 4.74 Å². The maximum atomic E-state index is 13.4. The number of hydrogen-bond acceptors (Lipinski definition) is 6. The minimum absolute atomic E-state index is 0.0873. The molecule has 9 heteroatoms. The van der Waals surface area contributed by atoms with Crippen LogP contribution >= 0.6 is 0 Å². The van der Waals surface area contributed by atoms with E-state index in [1.54, 1.807) is 13.8 Å². The van der Waals surface area contributed by atoms with Crippen LogP contribution < -0.4 is 4.72 Å². The van der Waals surface area contributed by atoms with Crippen LogP contribution in [0.3, 0.4) is 0 Å². The van der Waals surface area contributed by atoms with Crippen molar-refractivity contribution in [2.75, 3.05) is 18.1 Å². The summed E-state index contributed by atoms with van der Waals surface area (Å²) in [5.74, 6) is -1.51. The zero-order valence-corrected chi connectivity index (χ0v) is 16.2. The molecular weight excluding hydrogens is 375 g/mol. The van der Waals surface area contributed by atoms with E-state index in [0.29, 0.717) is 11.3 Å². The second-order valence-corrected chi connectivity index (χ2v) is 8.01. The Labute approximate surface area is 157 Å². The van der Waals surface area contributed by atoms with Crippen molar-refractivity contribution in [2.24, 2.45) is 0 Å². The lowest BCUT2D eigenvalue weighted by Gasteiger charge is -2.21. The molecule has 2 rings (SSSR count). The van der Waals surface area contributed by atoms with Gasteiger partial charge in [0, 0.05) is 11.1 Å². The molecule has 1 heterocycles. The summed E-state index contributed by atoms with van der Waals surface area (Å²) in [6, 6.07) is 5.28. The Morgan fingerprint density at radius 2 is 1.89 bits per heavy atom. The summed E-state index contributed by atoms with van der Waals surface area (Å²) >= 11 is 0. The number of methoxy groups -OCH3 is 1. The molecule has 0 saturated carbocycles.